The summed E-state index contributed by atoms with van der Waals surface area (Å²) in [5, 5.41) is 11.0. The van der Waals surface area contributed by atoms with Gasteiger partial charge in [0.15, 0.2) is 28.9 Å². The maximum absolute atomic E-state index is 13.1. The molecular formula is C20H26N10O12P2. The maximum atomic E-state index is 13.1. The number of hydrogen-bond donors (Lipinski definition) is 6. The predicted octanol–water partition coefficient (Wildman–Crippen LogP) is -1.58. The molecule has 2 saturated heterocycles. The Morgan fingerprint density at radius 1 is 1.05 bits per heavy atom. The molecule has 2 aliphatic rings. The van der Waals surface area contributed by atoms with Gasteiger partial charge >= 0.3 is 15.6 Å². The van der Waals surface area contributed by atoms with E-state index in [2.05, 4.69) is 29.9 Å². The fraction of sp³-hybridized carbons (Fsp3) is 0.500. The third-order valence-electron chi connectivity index (χ3n) is 6.89. The lowest BCUT2D eigenvalue weighted by molar-refractivity contribution is -0.0725. The Kier molecular flexibility index (Phi) is 8.01. The van der Waals surface area contributed by atoms with E-state index in [-0.39, 0.29) is 40.6 Å². The lowest BCUT2D eigenvalue weighted by Crippen LogP contribution is -2.37. The number of fused-ring (bicyclic) bond motifs is 4. The number of aromatic nitrogens is 8. The molecule has 44 heavy (non-hydrogen) atoms. The number of methoxy groups -OCH3 is 1. The third kappa shape index (κ3) is 5.85. The highest BCUT2D eigenvalue weighted by Crippen LogP contribution is 2.52. The Hall–Kier alpha value is -3.40. The van der Waals surface area contributed by atoms with Gasteiger partial charge in [0.2, 0.25) is 5.95 Å². The Bertz CT molecular complexity index is 1850. The van der Waals surface area contributed by atoms with Crippen molar-refractivity contribution in [3.63, 3.8) is 0 Å². The molecule has 24 heteroatoms. The van der Waals surface area contributed by atoms with E-state index in [1.165, 1.54) is 28.9 Å². The number of phosphoric acid groups is 2. The number of nitrogens with two attached hydrogens (primary N) is 2. The summed E-state index contributed by atoms with van der Waals surface area (Å²) in [6, 6.07) is 0. The molecule has 2 fully saturated rings. The molecular weight excluding hydrogens is 634 g/mol. The van der Waals surface area contributed by atoms with E-state index in [0.717, 1.165) is 6.33 Å². The molecule has 2 aliphatic heterocycles. The van der Waals surface area contributed by atoms with Crippen molar-refractivity contribution in [2.45, 2.75) is 43.3 Å². The number of aliphatic hydroxyl groups is 1. The highest BCUT2D eigenvalue weighted by Gasteiger charge is 2.51. The molecule has 4 aromatic rings. The molecule has 0 saturated carbocycles. The van der Waals surface area contributed by atoms with E-state index in [0.29, 0.717) is 0 Å². The highest BCUT2D eigenvalue weighted by atomic mass is 31.2. The topological polar surface area (TPSA) is 309 Å². The van der Waals surface area contributed by atoms with Gasteiger partial charge in [-0.05, 0) is 0 Å². The minimum atomic E-state index is -5.01. The van der Waals surface area contributed by atoms with Gasteiger partial charge in [0, 0.05) is 7.11 Å². The molecule has 0 spiro atoms. The smallest absolute Gasteiger partial charge is 0.387 e. The van der Waals surface area contributed by atoms with Gasteiger partial charge in [-0.2, -0.15) is 4.98 Å². The minimum Gasteiger partial charge on any atom is -0.387 e. The van der Waals surface area contributed by atoms with Crippen molar-refractivity contribution in [1.29, 1.82) is 0 Å². The summed E-state index contributed by atoms with van der Waals surface area (Å²) < 4.78 is 61.2. The van der Waals surface area contributed by atoms with Gasteiger partial charge in [-0.3, -0.25) is 32.4 Å². The van der Waals surface area contributed by atoms with Crippen LogP contribution < -0.4 is 17.0 Å². The zero-order valence-electron chi connectivity index (χ0n) is 22.5. The number of nitrogens with zero attached hydrogens (tertiary/aromatic N) is 7. The molecule has 6 heterocycles. The Morgan fingerprint density at radius 3 is 2.55 bits per heavy atom. The summed E-state index contributed by atoms with van der Waals surface area (Å²) in [6.07, 6.45) is -5.19. The van der Waals surface area contributed by atoms with Gasteiger partial charge in [0.1, 0.15) is 42.4 Å². The van der Waals surface area contributed by atoms with Crippen LogP contribution in [0.15, 0.2) is 23.8 Å². The summed E-state index contributed by atoms with van der Waals surface area (Å²) in [5.41, 5.74) is 11.1. The molecule has 22 nitrogen and oxygen atoms in total. The van der Waals surface area contributed by atoms with E-state index in [1.807, 2.05) is 0 Å². The van der Waals surface area contributed by atoms with Crippen molar-refractivity contribution in [1.82, 2.24) is 39.0 Å². The van der Waals surface area contributed by atoms with Crippen LogP contribution >= 0.6 is 15.6 Å². The molecule has 2 unspecified atom stereocenters. The lowest BCUT2D eigenvalue weighted by Gasteiger charge is -2.29. The van der Waals surface area contributed by atoms with Crippen LogP contribution in [0, 0.1) is 0 Å². The van der Waals surface area contributed by atoms with Crippen molar-refractivity contribution in [3.05, 3.63) is 29.3 Å². The monoisotopic (exact) mass is 660 g/mol. The van der Waals surface area contributed by atoms with Crippen molar-refractivity contribution in [2.75, 3.05) is 31.8 Å². The predicted molar refractivity (Wildman–Crippen MR) is 144 cm³/mol. The van der Waals surface area contributed by atoms with Gasteiger partial charge in [-0.25, -0.2) is 29.1 Å². The van der Waals surface area contributed by atoms with Crippen LogP contribution in [-0.4, -0.2) is 105 Å². The first kappa shape index (κ1) is 30.6. The number of hydrogen-bond acceptors (Lipinski definition) is 17. The number of phosphoric ester groups is 2. The van der Waals surface area contributed by atoms with Gasteiger partial charge in [0.05, 0.1) is 32.4 Å². The fourth-order valence-corrected chi connectivity index (χ4v) is 6.69. The second-order valence-electron chi connectivity index (χ2n) is 9.68. The SMILES string of the molecule is CO[C@@H]1COP(=O)(O)O[C@@H]2[C@H](O)[C@@H](COP(=O)(O)O[C@H]1Cn1cnc3c(=O)[nH]c(N)nc31)O[C@H]2n1cnc2c(N)ncnc21. The summed E-state index contributed by atoms with van der Waals surface area (Å²) in [5.74, 6) is -0.177. The quantitative estimate of drug-likeness (QED) is 0.134. The molecule has 8 atom stereocenters. The molecule has 0 aliphatic carbocycles. The van der Waals surface area contributed by atoms with Crippen LogP contribution in [0.2, 0.25) is 0 Å². The molecule has 6 rings (SSSR count). The fourth-order valence-electron chi connectivity index (χ4n) is 4.81. The number of H-pyrrole nitrogens is 1. The highest BCUT2D eigenvalue weighted by molar-refractivity contribution is 7.47. The van der Waals surface area contributed by atoms with Gasteiger partial charge in [-0.1, -0.05) is 0 Å². The number of nitrogen functional groups attached to an aromatic ring is 2. The lowest BCUT2D eigenvalue weighted by atomic mass is 10.1. The minimum absolute atomic E-state index is 0.0114. The summed E-state index contributed by atoms with van der Waals surface area (Å²) in [6.45, 7) is -1.81. The molecule has 2 bridgehead atoms. The summed E-state index contributed by atoms with van der Waals surface area (Å²) >= 11 is 0. The van der Waals surface area contributed by atoms with Crippen molar-refractivity contribution >= 4 is 49.7 Å². The summed E-state index contributed by atoms with van der Waals surface area (Å²) in [4.78, 5) is 55.9. The molecule has 238 valence electrons. The average molecular weight is 660 g/mol. The molecule has 0 aromatic carbocycles. The van der Waals surface area contributed by atoms with Crippen LogP contribution in [0.1, 0.15) is 6.23 Å². The Labute approximate surface area is 245 Å². The van der Waals surface area contributed by atoms with Gasteiger partial charge < -0.3 is 40.4 Å². The van der Waals surface area contributed by atoms with E-state index < -0.39 is 71.2 Å². The first-order valence-corrected chi connectivity index (χ1v) is 15.7. The van der Waals surface area contributed by atoms with Crippen LogP contribution in [-0.2, 0) is 43.2 Å². The van der Waals surface area contributed by atoms with E-state index in [9.17, 15) is 28.8 Å². The number of imidazole rings is 2. The maximum Gasteiger partial charge on any atom is 0.472 e. The zero-order chi connectivity index (χ0) is 31.4. The van der Waals surface area contributed by atoms with E-state index in [1.54, 1.807) is 0 Å². The van der Waals surface area contributed by atoms with Gasteiger partial charge in [-0.15, -0.1) is 0 Å². The third-order valence-corrected chi connectivity index (χ3v) is 8.89. The number of ether oxygens (including phenoxy) is 2. The molecule has 8 N–H and O–H groups in total. The first-order valence-electron chi connectivity index (χ1n) is 12.7. The van der Waals surface area contributed by atoms with Gasteiger partial charge in [0.25, 0.3) is 5.56 Å². The molecule has 4 aromatic heterocycles. The standard InChI is InChI=1S/C20H26N10O12P2/c1-37-9-3-38-44(35,36)42-14-13(31)10(40-19(14)30-7-26-11-15(21)23-5-24-16(11)30)4-39-43(33,34)41-8(9)2-29-6-25-12-17(29)27-20(22)28-18(12)32/h5-10,13-14,19,31H,2-4H2,1H3,(H,33,34)(H,35,36)(H2,21,23,24)(H3,22,27,28,32)/t8-,9+,10+,13+,14+,19+/m0/s1. The van der Waals surface area contributed by atoms with Crippen molar-refractivity contribution in [3.8, 4) is 0 Å². The normalized spacial score (nSPS) is 33.6. The van der Waals surface area contributed by atoms with Crippen LogP contribution in [0.3, 0.4) is 0 Å². The molecule has 0 radical (unpaired) electrons. The number of rotatable bonds is 4. The zero-order valence-corrected chi connectivity index (χ0v) is 24.3. The number of anilines is 2. The summed E-state index contributed by atoms with van der Waals surface area (Å²) in [7, 11) is -8.80. The Balaban J connectivity index is 1.32. The van der Waals surface area contributed by atoms with Crippen molar-refractivity contribution in [2.24, 2.45) is 0 Å². The number of aliphatic hydroxyl groups excluding tert-OH is 1. The van der Waals surface area contributed by atoms with Crippen LogP contribution in [0.4, 0.5) is 11.8 Å². The van der Waals surface area contributed by atoms with Crippen LogP contribution in [0.25, 0.3) is 22.3 Å². The van der Waals surface area contributed by atoms with Crippen LogP contribution in [0.5, 0.6) is 0 Å². The average Bonchev–Trinajstić information content (AvgIpc) is 3.64. The number of aromatic amines is 1. The van der Waals surface area contributed by atoms with Crippen molar-refractivity contribution < 1.29 is 51.6 Å². The largest absolute Gasteiger partial charge is 0.472 e. The number of nitrogens with one attached hydrogen (secondary N) is 1. The van der Waals surface area contributed by atoms with E-state index >= 15 is 0 Å². The second-order valence-corrected chi connectivity index (χ2v) is 12.5. The van der Waals surface area contributed by atoms with E-state index in [4.69, 9.17) is 39.0 Å². The molecule has 0 amide bonds. The second kappa shape index (κ2) is 11.5. The first-order chi connectivity index (χ1) is 20.9. The Morgan fingerprint density at radius 2 is 1.77 bits per heavy atom.